The fraction of sp³-hybridized carbons (Fsp3) is 0.800. The number of hydrogen-bond acceptors (Lipinski definition) is 4. The summed E-state index contributed by atoms with van der Waals surface area (Å²) in [4.78, 5) is 36.7. The van der Waals surface area contributed by atoms with Crippen LogP contribution in [0.3, 0.4) is 0 Å². The van der Waals surface area contributed by atoms with Gasteiger partial charge in [0.15, 0.2) is 0 Å². The number of likely N-dealkylation sites (tertiary alicyclic amines) is 1. The van der Waals surface area contributed by atoms with E-state index in [1.807, 2.05) is 0 Å². The zero-order valence-electron chi connectivity index (χ0n) is 12.7. The Labute approximate surface area is 129 Å². The molecule has 0 spiro atoms. The molecule has 1 heterocycles. The Kier molecular flexibility index (Phi) is 3.84. The molecule has 2 aliphatic carbocycles. The molecule has 4 N–H and O–H groups in total. The highest BCUT2D eigenvalue weighted by Gasteiger charge is 2.50. The van der Waals surface area contributed by atoms with E-state index >= 15 is 0 Å². The van der Waals surface area contributed by atoms with E-state index in [4.69, 9.17) is 5.73 Å². The molecule has 3 amide bonds. The maximum atomic E-state index is 12.4. The largest absolute Gasteiger partial charge is 0.391 e. The number of amides is 3. The molecule has 22 heavy (non-hydrogen) atoms. The van der Waals surface area contributed by atoms with E-state index in [9.17, 15) is 19.5 Å². The number of hydrogen-bond donors (Lipinski definition) is 3. The Hall–Kier alpha value is -1.63. The number of nitrogens with one attached hydrogen (secondary N) is 1. The highest BCUT2D eigenvalue weighted by Crippen LogP contribution is 2.49. The minimum atomic E-state index is -0.639. The zero-order chi connectivity index (χ0) is 16.0. The molecule has 3 fully saturated rings. The molecule has 122 valence electrons. The van der Waals surface area contributed by atoms with E-state index in [2.05, 4.69) is 5.32 Å². The van der Waals surface area contributed by atoms with Crippen molar-refractivity contribution in [2.45, 2.75) is 50.8 Å². The van der Waals surface area contributed by atoms with Gasteiger partial charge in [0, 0.05) is 31.8 Å². The molecule has 0 aromatic heterocycles. The van der Waals surface area contributed by atoms with Gasteiger partial charge in [-0.1, -0.05) is 0 Å². The van der Waals surface area contributed by atoms with Gasteiger partial charge in [0.2, 0.25) is 17.7 Å². The highest BCUT2D eigenvalue weighted by atomic mass is 16.3. The monoisotopic (exact) mass is 309 g/mol. The van der Waals surface area contributed by atoms with Gasteiger partial charge in [-0.3, -0.25) is 14.4 Å². The van der Waals surface area contributed by atoms with Crippen LogP contribution < -0.4 is 11.1 Å². The Morgan fingerprint density at radius 2 is 1.91 bits per heavy atom. The first-order chi connectivity index (χ1) is 10.4. The van der Waals surface area contributed by atoms with E-state index in [0.29, 0.717) is 11.8 Å². The van der Waals surface area contributed by atoms with E-state index in [1.165, 1.54) is 11.8 Å². The second kappa shape index (κ2) is 5.53. The number of primary amides is 1. The Morgan fingerprint density at radius 1 is 1.18 bits per heavy atom. The average molecular weight is 309 g/mol. The van der Waals surface area contributed by atoms with Crippen molar-refractivity contribution in [3.05, 3.63) is 0 Å². The quantitative estimate of drug-likeness (QED) is 0.619. The van der Waals surface area contributed by atoms with Crippen molar-refractivity contribution in [1.29, 1.82) is 0 Å². The van der Waals surface area contributed by atoms with Crippen molar-refractivity contribution in [3.63, 3.8) is 0 Å². The second-order valence-corrected chi connectivity index (χ2v) is 6.92. The van der Waals surface area contributed by atoms with E-state index in [-0.39, 0.29) is 42.6 Å². The predicted molar refractivity (Wildman–Crippen MR) is 77.2 cm³/mol. The minimum absolute atomic E-state index is 0.0633. The number of nitrogens with zero attached hydrogens (tertiary/aromatic N) is 1. The van der Waals surface area contributed by atoms with Crippen LogP contribution >= 0.6 is 0 Å². The summed E-state index contributed by atoms with van der Waals surface area (Å²) in [6.45, 7) is 1.63. The summed E-state index contributed by atoms with van der Waals surface area (Å²) in [5.41, 5.74) is 5.36. The molecular weight excluding hydrogens is 286 g/mol. The van der Waals surface area contributed by atoms with Crippen LogP contribution in [-0.2, 0) is 14.4 Å². The average Bonchev–Trinajstić information content (AvgIpc) is 2.97. The zero-order valence-corrected chi connectivity index (χ0v) is 12.7. The summed E-state index contributed by atoms with van der Waals surface area (Å²) >= 11 is 0. The van der Waals surface area contributed by atoms with Gasteiger partial charge in [-0.2, -0.15) is 0 Å². The van der Waals surface area contributed by atoms with Crippen LogP contribution in [0.15, 0.2) is 0 Å². The summed E-state index contributed by atoms with van der Waals surface area (Å²) < 4.78 is 0. The smallest absolute Gasteiger partial charge is 0.243 e. The molecule has 0 aromatic rings. The maximum absolute atomic E-state index is 12.4. The van der Waals surface area contributed by atoms with Gasteiger partial charge in [-0.05, 0) is 31.1 Å². The van der Waals surface area contributed by atoms with Crippen LogP contribution in [0.25, 0.3) is 0 Å². The number of aliphatic hydroxyl groups excluding tert-OH is 1. The molecule has 1 aliphatic heterocycles. The van der Waals surface area contributed by atoms with Crippen molar-refractivity contribution in [2.24, 2.45) is 23.5 Å². The third-order valence-electron chi connectivity index (χ3n) is 5.54. The maximum Gasteiger partial charge on any atom is 0.243 e. The number of rotatable bonds is 3. The number of carbonyl (C=O) groups excluding carboxylic acids is 3. The van der Waals surface area contributed by atoms with Crippen LogP contribution in [0.4, 0.5) is 0 Å². The van der Waals surface area contributed by atoms with Crippen molar-refractivity contribution in [2.75, 3.05) is 6.54 Å². The fourth-order valence-corrected chi connectivity index (χ4v) is 4.31. The molecule has 3 aliphatic rings. The van der Waals surface area contributed by atoms with E-state index in [1.54, 1.807) is 0 Å². The van der Waals surface area contributed by atoms with Gasteiger partial charge >= 0.3 is 0 Å². The molecule has 1 saturated heterocycles. The van der Waals surface area contributed by atoms with Crippen LogP contribution in [0, 0.1) is 17.8 Å². The van der Waals surface area contributed by atoms with Gasteiger partial charge < -0.3 is 21.1 Å². The predicted octanol–water partition coefficient (Wildman–Crippen LogP) is -1.02. The van der Waals surface area contributed by atoms with Crippen molar-refractivity contribution < 1.29 is 19.5 Å². The second-order valence-electron chi connectivity index (χ2n) is 6.92. The van der Waals surface area contributed by atoms with Crippen LogP contribution in [0.2, 0.25) is 0 Å². The first-order valence-electron chi connectivity index (χ1n) is 7.91. The summed E-state index contributed by atoms with van der Waals surface area (Å²) in [6, 6.07) is -0.520. The van der Waals surface area contributed by atoms with Crippen molar-refractivity contribution in [1.82, 2.24) is 10.2 Å². The molecule has 3 rings (SSSR count). The third kappa shape index (κ3) is 2.58. The lowest BCUT2D eigenvalue weighted by atomic mass is 9.71. The van der Waals surface area contributed by atoms with Gasteiger partial charge in [-0.15, -0.1) is 0 Å². The molecule has 7 heteroatoms. The molecular formula is C15H23N3O4. The summed E-state index contributed by atoms with van der Waals surface area (Å²) in [5.74, 6) is 0.0788. The standard InChI is InChI=1S/C15H23N3O4/c1-7(19)18-6-10(20)5-13(18)15(22)17-12-4-8-2-9(14(16)21)3-11(8)12/h8-13,20H,2-6H2,1H3,(H2,16,21)(H,17,22)/t8?,9?,10-,11?,12?,13+/m1/s1. The SMILES string of the molecule is CC(=O)N1C[C@H](O)C[C@H]1C(=O)NC1CC2CC(C(N)=O)CC21. The third-order valence-corrected chi connectivity index (χ3v) is 5.54. The summed E-state index contributed by atoms with van der Waals surface area (Å²) in [6.07, 6.45) is 2.09. The van der Waals surface area contributed by atoms with Gasteiger partial charge in [0.05, 0.1) is 6.10 Å². The summed E-state index contributed by atoms with van der Waals surface area (Å²) in [7, 11) is 0. The Balaban J connectivity index is 1.57. The van der Waals surface area contributed by atoms with Gasteiger partial charge in [-0.25, -0.2) is 0 Å². The normalized spacial score (nSPS) is 40.0. The molecule has 4 unspecified atom stereocenters. The van der Waals surface area contributed by atoms with Crippen LogP contribution in [0.1, 0.15) is 32.6 Å². The van der Waals surface area contributed by atoms with Crippen molar-refractivity contribution >= 4 is 17.7 Å². The number of β-amino-alcohol motifs (C(OH)–C–C–N with tert-alkyl or cyclic N) is 1. The number of aliphatic hydroxyl groups is 1. The first kappa shape index (κ1) is 15.3. The Morgan fingerprint density at radius 3 is 2.55 bits per heavy atom. The fourth-order valence-electron chi connectivity index (χ4n) is 4.31. The molecule has 2 saturated carbocycles. The van der Waals surface area contributed by atoms with Crippen LogP contribution in [0.5, 0.6) is 0 Å². The van der Waals surface area contributed by atoms with E-state index in [0.717, 1.165) is 19.3 Å². The molecule has 0 aromatic carbocycles. The molecule has 0 radical (unpaired) electrons. The topological polar surface area (TPSA) is 113 Å². The van der Waals surface area contributed by atoms with Gasteiger partial charge in [0.1, 0.15) is 6.04 Å². The number of nitrogens with two attached hydrogens (primary N) is 1. The lowest BCUT2D eigenvalue weighted by Gasteiger charge is -2.41. The molecule has 7 nitrogen and oxygen atoms in total. The van der Waals surface area contributed by atoms with Gasteiger partial charge in [0.25, 0.3) is 0 Å². The highest BCUT2D eigenvalue weighted by molar-refractivity contribution is 5.88. The minimum Gasteiger partial charge on any atom is -0.391 e. The molecule has 0 bridgehead atoms. The molecule has 6 atom stereocenters. The lowest BCUT2D eigenvalue weighted by Crippen LogP contribution is -2.55. The first-order valence-corrected chi connectivity index (χ1v) is 7.91. The lowest BCUT2D eigenvalue weighted by molar-refractivity contribution is -0.138. The van der Waals surface area contributed by atoms with Crippen LogP contribution in [-0.4, -0.2) is 52.5 Å². The number of carbonyl (C=O) groups is 3. The van der Waals surface area contributed by atoms with E-state index < -0.39 is 12.1 Å². The Bertz CT molecular complexity index is 509. The van der Waals surface area contributed by atoms with Crippen molar-refractivity contribution in [3.8, 4) is 0 Å². The summed E-state index contributed by atoms with van der Waals surface area (Å²) in [5, 5.41) is 12.7. The number of fused-ring (bicyclic) bond motifs is 1.